The Kier molecular flexibility index (Phi) is 6.29. The Morgan fingerprint density at radius 3 is 2.10 bits per heavy atom. The average Bonchev–Trinajstić information content (AvgIpc) is 2.78. The summed E-state index contributed by atoms with van der Waals surface area (Å²) in [5.41, 5.74) is 0.915. The molecule has 1 saturated heterocycles. The summed E-state index contributed by atoms with van der Waals surface area (Å²) in [5.74, 6) is -0.236. The molecular formula is C23H28N4O4. The number of hydrogen-bond acceptors (Lipinski definition) is 5. The second-order valence-electron chi connectivity index (χ2n) is 8.43. The Morgan fingerprint density at radius 1 is 0.968 bits per heavy atom. The van der Waals surface area contributed by atoms with Gasteiger partial charge in [0.2, 0.25) is 5.91 Å². The van der Waals surface area contributed by atoms with E-state index in [1.54, 1.807) is 40.9 Å². The predicted molar refractivity (Wildman–Crippen MR) is 119 cm³/mol. The smallest absolute Gasteiger partial charge is 0.293 e. The summed E-state index contributed by atoms with van der Waals surface area (Å²) in [6.45, 7) is 5.45. The van der Waals surface area contributed by atoms with E-state index in [0.29, 0.717) is 31.9 Å². The van der Waals surface area contributed by atoms with Crippen molar-refractivity contribution in [2.24, 2.45) is 0 Å². The van der Waals surface area contributed by atoms with Crippen LogP contribution in [0.3, 0.4) is 0 Å². The molecule has 0 unspecified atom stereocenters. The third kappa shape index (κ3) is 4.52. The van der Waals surface area contributed by atoms with Crippen LogP contribution in [-0.2, 0) is 10.2 Å². The molecule has 0 atom stereocenters. The summed E-state index contributed by atoms with van der Waals surface area (Å²) < 4.78 is 0. The number of anilines is 1. The molecule has 1 fully saturated rings. The van der Waals surface area contributed by atoms with E-state index in [1.165, 1.54) is 6.07 Å². The van der Waals surface area contributed by atoms with Crippen LogP contribution >= 0.6 is 0 Å². The number of benzene rings is 2. The number of amides is 2. The van der Waals surface area contributed by atoms with Crippen LogP contribution in [0.4, 0.5) is 11.4 Å². The minimum atomic E-state index is -0.657. The molecule has 164 valence electrons. The third-order valence-corrected chi connectivity index (χ3v) is 5.79. The van der Waals surface area contributed by atoms with Gasteiger partial charge in [-0.2, -0.15) is 0 Å². The van der Waals surface area contributed by atoms with Gasteiger partial charge in [-0.05, 0) is 31.5 Å². The fraction of sp³-hybridized carbons (Fsp3) is 0.391. The summed E-state index contributed by atoms with van der Waals surface area (Å²) in [4.78, 5) is 42.1. The van der Waals surface area contributed by atoms with Crippen LogP contribution in [0, 0.1) is 10.1 Å². The van der Waals surface area contributed by atoms with Gasteiger partial charge < -0.3 is 14.7 Å². The van der Waals surface area contributed by atoms with Crippen LogP contribution < -0.4 is 4.90 Å². The van der Waals surface area contributed by atoms with Gasteiger partial charge in [0.1, 0.15) is 5.69 Å². The minimum absolute atomic E-state index is 0.0248. The third-order valence-electron chi connectivity index (χ3n) is 5.79. The monoisotopic (exact) mass is 424 g/mol. The summed E-state index contributed by atoms with van der Waals surface area (Å²) in [6.07, 6.45) is 0. The SMILES string of the molecule is CN(C)c1ccc(C(=O)N2CCN(C(=O)C(C)(C)c3ccccc3)CC2)cc1[N+](=O)[O-]. The first-order chi connectivity index (χ1) is 14.6. The number of rotatable bonds is 5. The fourth-order valence-electron chi connectivity index (χ4n) is 3.85. The average molecular weight is 425 g/mol. The topological polar surface area (TPSA) is 87.0 Å². The molecule has 0 aliphatic carbocycles. The molecule has 1 aliphatic rings. The van der Waals surface area contributed by atoms with E-state index >= 15 is 0 Å². The molecule has 2 aromatic rings. The van der Waals surface area contributed by atoms with E-state index in [1.807, 2.05) is 44.2 Å². The molecule has 2 aromatic carbocycles. The number of carbonyl (C=O) groups excluding carboxylic acids is 2. The van der Waals surface area contributed by atoms with E-state index < -0.39 is 10.3 Å². The van der Waals surface area contributed by atoms with Gasteiger partial charge in [-0.1, -0.05) is 30.3 Å². The Labute approximate surface area is 182 Å². The van der Waals surface area contributed by atoms with Gasteiger partial charge in [0.15, 0.2) is 0 Å². The van der Waals surface area contributed by atoms with Crippen LogP contribution in [0.15, 0.2) is 48.5 Å². The minimum Gasteiger partial charge on any atom is -0.372 e. The van der Waals surface area contributed by atoms with Crippen LogP contribution in [0.1, 0.15) is 29.8 Å². The van der Waals surface area contributed by atoms with Crippen LogP contribution in [0.2, 0.25) is 0 Å². The summed E-state index contributed by atoms with van der Waals surface area (Å²) in [6, 6.07) is 14.2. The van der Waals surface area contributed by atoms with Crippen molar-refractivity contribution < 1.29 is 14.5 Å². The zero-order valence-corrected chi connectivity index (χ0v) is 18.4. The van der Waals surface area contributed by atoms with Crippen LogP contribution in [0.5, 0.6) is 0 Å². The Morgan fingerprint density at radius 2 is 1.55 bits per heavy atom. The fourth-order valence-corrected chi connectivity index (χ4v) is 3.85. The maximum absolute atomic E-state index is 13.1. The largest absolute Gasteiger partial charge is 0.372 e. The van der Waals surface area contributed by atoms with Crippen LogP contribution in [-0.4, -0.2) is 66.8 Å². The van der Waals surface area contributed by atoms with Crippen molar-refractivity contribution in [3.8, 4) is 0 Å². The van der Waals surface area contributed by atoms with Gasteiger partial charge >= 0.3 is 0 Å². The van der Waals surface area contributed by atoms with Gasteiger partial charge in [-0.25, -0.2) is 0 Å². The molecule has 0 saturated carbocycles. The quantitative estimate of drug-likeness (QED) is 0.544. The lowest BCUT2D eigenvalue weighted by molar-refractivity contribution is -0.384. The van der Waals surface area contributed by atoms with Crippen molar-refractivity contribution in [1.82, 2.24) is 9.80 Å². The summed E-state index contributed by atoms with van der Waals surface area (Å²) in [5, 5.41) is 11.4. The lowest BCUT2D eigenvalue weighted by Gasteiger charge is -2.38. The maximum atomic E-state index is 13.1. The number of nitrogens with zero attached hydrogens (tertiary/aromatic N) is 4. The zero-order chi connectivity index (χ0) is 22.8. The Balaban J connectivity index is 1.70. The van der Waals surface area contributed by atoms with E-state index in [4.69, 9.17) is 0 Å². The highest BCUT2D eigenvalue weighted by molar-refractivity contribution is 5.96. The van der Waals surface area contributed by atoms with E-state index in [-0.39, 0.29) is 23.1 Å². The molecule has 3 rings (SSSR count). The lowest BCUT2D eigenvalue weighted by Crippen LogP contribution is -2.54. The van der Waals surface area contributed by atoms with Crippen molar-refractivity contribution in [1.29, 1.82) is 0 Å². The molecule has 1 aliphatic heterocycles. The van der Waals surface area contributed by atoms with Gasteiger partial charge in [0.25, 0.3) is 11.6 Å². The van der Waals surface area contributed by atoms with Crippen LogP contribution in [0.25, 0.3) is 0 Å². The number of carbonyl (C=O) groups is 2. The molecule has 0 N–H and O–H groups in total. The first kappa shape index (κ1) is 22.3. The molecular weight excluding hydrogens is 396 g/mol. The molecule has 0 bridgehead atoms. The molecule has 8 heteroatoms. The van der Waals surface area contributed by atoms with Gasteiger partial charge in [-0.15, -0.1) is 0 Å². The molecule has 0 radical (unpaired) electrons. The predicted octanol–water partition coefficient (Wildman–Crippen LogP) is 2.92. The molecule has 2 amide bonds. The molecule has 31 heavy (non-hydrogen) atoms. The van der Waals surface area contributed by atoms with E-state index in [9.17, 15) is 19.7 Å². The summed E-state index contributed by atoms with van der Waals surface area (Å²) in [7, 11) is 3.44. The standard InChI is InChI=1S/C23H28N4O4/c1-23(2,18-8-6-5-7-9-18)22(29)26-14-12-25(13-15-26)21(28)17-10-11-19(24(3)4)20(16-17)27(30)31/h5-11,16H,12-15H2,1-4H3. The van der Waals surface area contributed by atoms with Gasteiger partial charge in [0.05, 0.1) is 10.3 Å². The highest BCUT2D eigenvalue weighted by atomic mass is 16.6. The van der Waals surface area contributed by atoms with Gasteiger partial charge in [-0.3, -0.25) is 19.7 Å². The number of nitro groups is 1. The number of hydrogen-bond donors (Lipinski definition) is 0. The van der Waals surface area contributed by atoms with Crippen molar-refractivity contribution in [3.05, 3.63) is 69.8 Å². The second kappa shape index (κ2) is 8.75. The molecule has 0 spiro atoms. The van der Waals surface area contributed by atoms with E-state index in [2.05, 4.69) is 0 Å². The molecule has 8 nitrogen and oxygen atoms in total. The van der Waals surface area contributed by atoms with E-state index in [0.717, 1.165) is 5.56 Å². The number of piperazine rings is 1. The summed E-state index contributed by atoms with van der Waals surface area (Å²) >= 11 is 0. The second-order valence-corrected chi connectivity index (χ2v) is 8.43. The first-order valence-electron chi connectivity index (χ1n) is 10.2. The highest BCUT2D eigenvalue weighted by Gasteiger charge is 2.36. The molecule has 0 aromatic heterocycles. The Bertz CT molecular complexity index is 980. The Hall–Kier alpha value is -3.42. The van der Waals surface area contributed by atoms with Crippen molar-refractivity contribution >= 4 is 23.2 Å². The van der Waals surface area contributed by atoms with Crippen molar-refractivity contribution in [2.75, 3.05) is 45.2 Å². The highest BCUT2D eigenvalue weighted by Crippen LogP contribution is 2.29. The maximum Gasteiger partial charge on any atom is 0.293 e. The zero-order valence-electron chi connectivity index (χ0n) is 18.4. The lowest BCUT2D eigenvalue weighted by atomic mass is 9.83. The number of nitro benzene ring substituents is 1. The normalized spacial score (nSPS) is 14.3. The molecule has 1 heterocycles. The first-order valence-corrected chi connectivity index (χ1v) is 10.2. The van der Waals surface area contributed by atoms with Crippen molar-refractivity contribution in [2.45, 2.75) is 19.3 Å². The van der Waals surface area contributed by atoms with Crippen molar-refractivity contribution in [3.63, 3.8) is 0 Å². The van der Waals surface area contributed by atoms with Gasteiger partial charge in [0, 0.05) is 51.9 Å².